The van der Waals surface area contributed by atoms with Crippen LogP contribution in [0.25, 0.3) is 55.5 Å². The van der Waals surface area contributed by atoms with Gasteiger partial charge in [-0.25, -0.2) is 9.97 Å². The molecule has 0 amide bonds. The van der Waals surface area contributed by atoms with Crippen molar-refractivity contribution in [2.75, 3.05) is 4.90 Å². The Morgan fingerprint density at radius 2 is 0.822 bits per heavy atom. The molecule has 3 aromatic heterocycles. The summed E-state index contributed by atoms with van der Waals surface area (Å²) in [5.74, 6) is 0. The number of fused-ring (bicyclic) bond motifs is 6. The summed E-state index contributed by atoms with van der Waals surface area (Å²) in [7, 11) is 0. The van der Waals surface area contributed by atoms with E-state index in [-0.39, 0.29) is 0 Å². The molecule has 0 saturated carbocycles. The number of aromatic nitrogens is 4. The highest BCUT2D eigenvalue weighted by atomic mass is 15.2. The van der Waals surface area contributed by atoms with Crippen LogP contribution in [0.3, 0.4) is 0 Å². The average molecular weight is 578 g/mol. The van der Waals surface area contributed by atoms with Gasteiger partial charge in [0.2, 0.25) is 0 Å². The first-order chi connectivity index (χ1) is 22.3. The molecule has 0 fully saturated rings. The molecular weight excluding hydrogens is 550 g/mol. The molecule has 9 aromatic rings. The molecule has 5 heteroatoms. The van der Waals surface area contributed by atoms with Gasteiger partial charge >= 0.3 is 0 Å². The summed E-state index contributed by atoms with van der Waals surface area (Å²) in [5, 5.41) is 2.16. The Hall–Kier alpha value is -6.20. The third-order valence-electron chi connectivity index (χ3n) is 8.47. The monoisotopic (exact) mass is 577 g/mol. The highest BCUT2D eigenvalue weighted by molar-refractivity contribution is 6.12. The van der Waals surface area contributed by atoms with Crippen molar-refractivity contribution in [3.05, 3.63) is 164 Å². The van der Waals surface area contributed by atoms with Crippen LogP contribution in [0.4, 0.5) is 17.1 Å². The minimum absolute atomic E-state index is 0.826. The van der Waals surface area contributed by atoms with E-state index in [1.165, 1.54) is 0 Å². The molecule has 212 valence electrons. The number of anilines is 3. The minimum Gasteiger partial charge on any atom is -0.310 e. The van der Waals surface area contributed by atoms with Crippen LogP contribution < -0.4 is 4.90 Å². The maximum Gasteiger partial charge on any atom is 0.166 e. The molecule has 0 unspecified atom stereocenters. The summed E-state index contributed by atoms with van der Waals surface area (Å²) >= 11 is 0. The van der Waals surface area contributed by atoms with E-state index in [0.29, 0.717) is 0 Å². The van der Waals surface area contributed by atoms with Crippen molar-refractivity contribution in [3.63, 3.8) is 0 Å². The van der Waals surface area contributed by atoms with E-state index >= 15 is 0 Å². The maximum atomic E-state index is 5.45. The second-order valence-corrected chi connectivity index (χ2v) is 11.1. The fourth-order valence-electron chi connectivity index (χ4n) is 6.53. The van der Waals surface area contributed by atoms with E-state index in [9.17, 15) is 0 Å². The van der Waals surface area contributed by atoms with Crippen LogP contribution in [-0.4, -0.2) is 19.1 Å². The first-order valence-electron chi connectivity index (χ1n) is 15.1. The lowest BCUT2D eigenvalue weighted by Crippen LogP contribution is -2.10. The lowest BCUT2D eigenvalue weighted by Gasteiger charge is -2.26. The molecule has 0 atom stereocenters. The number of rotatable bonds is 5. The molecule has 0 N–H and O–H groups in total. The lowest BCUT2D eigenvalue weighted by atomic mass is 10.1. The van der Waals surface area contributed by atoms with Crippen LogP contribution >= 0.6 is 0 Å². The Morgan fingerprint density at radius 3 is 1.40 bits per heavy atom. The fourth-order valence-corrected chi connectivity index (χ4v) is 6.53. The molecule has 0 saturated heterocycles. The third kappa shape index (κ3) is 4.02. The Labute approximate surface area is 259 Å². The quantitative estimate of drug-likeness (QED) is 0.204. The van der Waals surface area contributed by atoms with Gasteiger partial charge in [-0.1, -0.05) is 97.1 Å². The zero-order valence-electron chi connectivity index (χ0n) is 24.3. The summed E-state index contributed by atoms with van der Waals surface area (Å²) in [6, 6.07) is 57.0. The van der Waals surface area contributed by atoms with Gasteiger partial charge in [0.05, 0.1) is 11.0 Å². The van der Waals surface area contributed by atoms with Gasteiger partial charge < -0.3 is 4.90 Å². The van der Waals surface area contributed by atoms with E-state index < -0.39 is 0 Å². The first kappa shape index (κ1) is 25.3. The molecule has 0 aliphatic carbocycles. The van der Waals surface area contributed by atoms with Gasteiger partial charge in [0.25, 0.3) is 0 Å². The zero-order chi connectivity index (χ0) is 29.7. The van der Waals surface area contributed by atoms with Crippen LogP contribution in [0.5, 0.6) is 0 Å². The normalized spacial score (nSPS) is 11.6. The molecular formula is C40H27N5. The molecule has 0 bridgehead atoms. The molecule has 0 aliphatic heterocycles. The predicted molar refractivity (Wildman–Crippen MR) is 185 cm³/mol. The highest BCUT2D eigenvalue weighted by Crippen LogP contribution is 2.38. The van der Waals surface area contributed by atoms with Gasteiger partial charge in [-0.2, -0.15) is 0 Å². The van der Waals surface area contributed by atoms with Gasteiger partial charge in [-0.3, -0.25) is 9.13 Å². The van der Waals surface area contributed by atoms with Crippen LogP contribution in [0, 0.1) is 0 Å². The summed E-state index contributed by atoms with van der Waals surface area (Å²) < 4.78 is 4.48. The predicted octanol–water partition coefficient (Wildman–Crippen LogP) is 10.1. The second-order valence-electron chi connectivity index (χ2n) is 11.1. The number of benzene rings is 6. The summed E-state index contributed by atoms with van der Waals surface area (Å²) in [5.41, 5.74) is 10.9. The molecule has 0 spiro atoms. The van der Waals surface area contributed by atoms with Crippen molar-refractivity contribution in [1.82, 2.24) is 19.1 Å². The molecule has 6 aromatic carbocycles. The van der Waals surface area contributed by atoms with Crippen LogP contribution in [0.2, 0.25) is 0 Å². The van der Waals surface area contributed by atoms with E-state index in [4.69, 9.17) is 9.97 Å². The molecule has 3 heterocycles. The SMILES string of the molecule is c1ccc(N(c2ccccc2)c2cccc(-n3c4ccccc4c4nc5c6ccccc6n(-c6ccccc6)c5nc43)c2)cc1. The van der Waals surface area contributed by atoms with Crippen molar-refractivity contribution in [2.24, 2.45) is 0 Å². The topological polar surface area (TPSA) is 38.9 Å². The molecule has 0 radical (unpaired) electrons. The van der Waals surface area contributed by atoms with E-state index in [1.54, 1.807) is 0 Å². The van der Waals surface area contributed by atoms with Crippen molar-refractivity contribution in [3.8, 4) is 11.4 Å². The Morgan fingerprint density at radius 1 is 0.378 bits per heavy atom. The van der Waals surface area contributed by atoms with Gasteiger partial charge in [0.15, 0.2) is 11.3 Å². The van der Waals surface area contributed by atoms with Crippen molar-refractivity contribution in [2.45, 2.75) is 0 Å². The van der Waals surface area contributed by atoms with Crippen molar-refractivity contribution < 1.29 is 0 Å². The van der Waals surface area contributed by atoms with Gasteiger partial charge in [-0.15, -0.1) is 0 Å². The fraction of sp³-hybridized carbons (Fsp3) is 0. The standard InChI is InChI=1S/C40H27N5/c1-4-15-28(16-5-1)43(29-17-6-2-7-18-29)31-21-14-22-32(27-31)45-36-26-13-11-24-34(36)38-40(45)42-39-37(41-38)33-23-10-12-25-35(33)44(39)30-19-8-3-9-20-30/h1-27H. The number of nitrogens with zero attached hydrogens (tertiary/aromatic N) is 5. The number of hydrogen-bond acceptors (Lipinski definition) is 3. The van der Waals surface area contributed by atoms with E-state index in [2.05, 4.69) is 172 Å². The highest BCUT2D eigenvalue weighted by Gasteiger charge is 2.21. The largest absolute Gasteiger partial charge is 0.310 e. The van der Waals surface area contributed by atoms with E-state index in [0.717, 1.165) is 72.6 Å². The molecule has 0 aliphatic rings. The van der Waals surface area contributed by atoms with Gasteiger partial charge in [0.1, 0.15) is 11.0 Å². The molecule has 5 nitrogen and oxygen atoms in total. The minimum atomic E-state index is 0.826. The van der Waals surface area contributed by atoms with E-state index in [1.807, 2.05) is 6.07 Å². The summed E-state index contributed by atoms with van der Waals surface area (Å²) in [4.78, 5) is 13.1. The Bertz CT molecular complexity index is 2440. The zero-order valence-corrected chi connectivity index (χ0v) is 24.3. The van der Waals surface area contributed by atoms with Crippen molar-refractivity contribution in [1.29, 1.82) is 0 Å². The van der Waals surface area contributed by atoms with Gasteiger partial charge in [-0.05, 0) is 66.7 Å². The lowest BCUT2D eigenvalue weighted by molar-refractivity contribution is 1.10. The second kappa shape index (κ2) is 10.2. The van der Waals surface area contributed by atoms with Crippen LogP contribution in [0.1, 0.15) is 0 Å². The Balaban J connectivity index is 1.34. The number of para-hydroxylation sites is 5. The van der Waals surface area contributed by atoms with Crippen LogP contribution in [-0.2, 0) is 0 Å². The molecule has 9 rings (SSSR count). The molecule has 45 heavy (non-hydrogen) atoms. The maximum absolute atomic E-state index is 5.45. The summed E-state index contributed by atoms with van der Waals surface area (Å²) in [6.07, 6.45) is 0. The average Bonchev–Trinajstić information content (AvgIpc) is 3.61. The third-order valence-corrected chi connectivity index (χ3v) is 8.47. The van der Waals surface area contributed by atoms with Gasteiger partial charge in [0, 0.05) is 39.2 Å². The number of hydrogen-bond donors (Lipinski definition) is 0. The van der Waals surface area contributed by atoms with Crippen molar-refractivity contribution >= 4 is 61.2 Å². The smallest absolute Gasteiger partial charge is 0.166 e. The first-order valence-corrected chi connectivity index (χ1v) is 15.1. The summed E-state index contributed by atoms with van der Waals surface area (Å²) in [6.45, 7) is 0. The van der Waals surface area contributed by atoms with Crippen LogP contribution in [0.15, 0.2) is 164 Å². The Kier molecular flexibility index (Phi) is 5.74.